The van der Waals surface area contributed by atoms with Gasteiger partial charge >= 0.3 is 0 Å². The van der Waals surface area contributed by atoms with Crippen molar-refractivity contribution < 1.29 is 14.7 Å². The summed E-state index contributed by atoms with van der Waals surface area (Å²) in [5.41, 5.74) is 1.59. The van der Waals surface area contributed by atoms with Gasteiger partial charge in [-0.2, -0.15) is 0 Å². The molecule has 1 saturated heterocycles. The third-order valence-corrected chi connectivity index (χ3v) is 3.85. The van der Waals surface area contributed by atoms with Crippen LogP contribution in [-0.2, 0) is 16.0 Å². The summed E-state index contributed by atoms with van der Waals surface area (Å²) in [6.45, 7) is 1.96. The van der Waals surface area contributed by atoms with Gasteiger partial charge in [0.15, 0.2) is 0 Å². The molecule has 7 nitrogen and oxygen atoms in total. The number of carbonyl (C=O) groups is 2. The van der Waals surface area contributed by atoms with Crippen LogP contribution < -0.4 is 5.32 Å². The van der Waals surface area contributed by atoms with Crippen LogP contribution in [0.2, 0.25) is 0 Å². The Bertz CT molecular complexity index is 562. The molecule has 2 rings (SSSR count). The van der Waals surface area contributed by atoms with Gasteiger partial charge in [-0.25, -0.2) is 9.97 Å². The van der Waals surface area contributed by atoms with Crippen LogP contribution in [0.25, 0.3) is 0 Å². The van der Waals surface area contributed by atoms with Gasteiger partial charge in [-0.3, -0.25) is 9.59 Å². The molecule has 120 valence electrons. The lowest BCUT2D eigenvalue weighted by atomic mass is 10.1. The second-order valence-corrected chi connectivity index (χ2v) is 5.41. The highest BCUT2D eigenvalue weighted by molar-refractivity contribution is 5.78. The monoisotopic (exact) mass is 306 g/mol. The van der Waals surface area contributed by atoms with E-state index in [4.69, 9.17) is 5.11 Å². The number of aliphatic hydroxyl groups excluding tert-OH is 1. The van der Waals surface area contributed by atoms with E-state index in [1.807, 2.05) is 6.07 Å². The second kappa shape index (κ2) is 7.31. The molecule has 2 amide bonds. The molecule has 0 bridgehead atoms. The molecule has 7 heteroatoms. The van der Waals surface area contributed by atoms with Crippen LogP contribution in [0.3, 0.4) is 0 Å². The van der Waals surface area contributed by atoms with E-state index in [2.05, 4.69) is 15.3 Å². The van der Waals surface area contributed by atoms with Gasteiger partial charge in [0.05, 0.1) is 11.7 Å². The molecule has 1 aromatic rings. The predicted molar refractivity (Wildman–Crippen MR) is 79.9 cm³/mol. The summed E-state index contributed by atoms with van der Waals surface area (Å²) in [6.07, 6.45) is 2.64. The molecule has 0 radical (unpaired) electrons. The van der Waals surface area contributed by atoms with Crippen LogP contribution in [0, 0.1) is 6.92 Å². The Balaban J connectivity index is 2.18. The summed E-state index contributed by atoms with van der Waals surface area (Å²) in [4.78, 5) is 33.6. The molecule has 1 aliphatic heterocycles. The minimum Gasteiger partial charge on any atom is -0.387 e. The number of aromatic nitrogens is 2. The molecule has 0 saturated carbocycles. The molecule has 2 heterocycles. The fourth-order valence-corrected chi connectivity index (χ4v) is 2.78. The Hall–Kier alpha value is -2.02. The molecule has 22 heavy (non-hydrogen) atoms. The second-order valence-electron chi connectivity index (χ2n) is 5.41. The molecule has 1 atom stereocenters. The Morgan fingerprint density at radius 1 is 1.45 bits per heavy atom. The fourth-order valence-electron chi connectivity index (χ4n) is 2.78. The number of amides is 2. The summed E-state index contributed by atoms with van der Waals surface area (Å²) >= 11 is 0. The van der Waals surface area contributed by atoms with Crippen molar-refractivity contribution in [2.75, 3.05) is 20.2 Å². The molecule has 2 N–H and O–H groups in total. The van der Waals surface area contributed by atoms with E-state index in [9.17, 15) is 9.59 Å². The highest BCUT2D eigenvalue weighted by Crippen LogP contribution is 2.31. The van der Waals surface area contributed by atoms with Gasteiger partial charge in [-0.1, -0.05) is 0 Å². The zero-order chi connectivity index (χ0) is 16.1. The molecule has 0 spiro atoms. The summed E-state index contributed by atoms with van der Waals surface area (Å²) in [5, 5.41) is 11.7. The summed E-state index contributed by atoms with van der Waals surface area (Å²) < 4.78 is 0. The Morgan fingerprint density at radius 3 is 2.91 bits per heavy atom. The van der Waals surface area contributed by atoms with Gasteiger partial charge in [0.1, 0.15) is 12.4 Å². The van der Waals surface area contributed by atoms with Crippen LogP contribution in [0.15, 0.2) is 6.07 Å². The molecular formula is C15H22N4O3. The van der Waals surface area contributed by atoms with Gasteiger partial charge in [0, 0.05) is 25.7 Å². The highest BCUT2D eigenvalue weighted by atomic mass is 16.3. The van der Waals surface area contributed by atoms with Gasteiger partial charge < -0.3 is 15.3 Å². The topological polar surface area (TPSA) is 95.4 Å². The van der Waals surface area contributed by atoms with Crippen molar-refractivity contribution in [3.8, 4) is 0 Å². The number of hydrogen-bond donors (Lipinski definition) is 2. The van der Waals surface area contributed by atoms with Crippen molar-refractivity contribution >= 4 is 11.8 Å². The van der Waals surface area contributed by atoms with Crippen LogP contribution in [0.5, 0.6) is 0 Å². The Morgan fingerprint density at radius 2 is 2.23 bits per heavy atom. The van der Waals surface area contributed by atoms with E-state index in [0.717, 1.165) is 24.2 Å². The largest absolute Gasteiger partial charge is 0.387 e. The number of carbonyl (C=O) groups excluding carboxylic acids is 2. The van der Waals surface area contributed by atoms with E-state index in [1.54, 1.807) is 18.9 Å². The maximum absolute atomic E-state index is 11.8. The predicted octanol–water partition coefficient (Wildman–Crippen LogP) is 0.119. The average Bonchev–Trinajstić information content (AvgIpc) is 3.00. The Kier molecular flexibility index (Phi) is 5.43. The van der Waals surface area contributed by atoms with Crippen LogP contribution in [-0.4, -0.2) is 52.0 Å². The van der Waals surface area contributed by atoms with E-state index in [-0.39, 0.29) is 17.9 Å². The zero-order valence-electron chi connectivity index (χ0n) is 13.0. The van der Waals surface area contributed by atoms with Gasteiger partial charge in [-0.15, -0.1) is 0 Å². The number of aryl methyl sites for hydroxylation is 2. The van der Waals surface area contributed by atoms with E-state index < -0.39 is 6.61 Å². The van der Waals surface area contributed by atoms with Gasteiger partial charge in [-0.05, 0) is 32.3 Å². The minimum absolute atomic E-state index is 0.0317. The highest BCUT2D eigenvalue weighted by Gasteiger charge is 2.30. The number of likely N-dealkylation sites (tertiary alicyclic amines) is 1. The summed E-state index contributed by atoms with van der Waals surface area (Å²) in [6, 6.07) is 1.75. The summed E-state index contributed by atoms with van der Waals surface area (Å²) in [5.74, 6) is 0.328. The van der Waals surface area contributed by atoms with Crippen LogP contribution >= 0.6 is 0 Å². The molecule has 0 aliphatic carbocycles. The standard InChI is InChI=1S/C15H22N4O3/c1-10-17-11(5-6-14(21)16-2)8-12(18-10)13-4-3-7-19(13)15(22)9-20/h8,13,20H,3-7,9H2,1-2H3,(H,16,21)/t13-/m1/s1. The van der Waals surface area contributed by atoms with E-state index >= 15 is 0 Å². The molecule has 1 aliphatic rings. The maximum Gasteiger partial charge on any atom is 0.248 e. The first-order valence-electron chi connectivity index (χ1n) is 7.50. The fraction of sp³-hybridized carbons (Fsp3) is 0.600. The van der Waals surface area contributed by atoms with Gasteiger partial charge in [0.25, 0.3) is 0 Å². The third-order valence-electron chi connectivity index (χ3n) is 3.85. The van der Waals surface area contributed by atoms with Crippen molar-refractivity contribution in [3.05, 3.63) is 23.3 Å². The maximum atomic E-state index is 11.8. The first kappa shape index (κ1) is 16.4. The van der Waals surface area contributed by atoms with Crippen LogP contribution in [0.4, 0.5) is 0 Å². The number of nitrogens with zero attached hydrogens (tertiary/aromatic N) is 3. The zero-order valence-corrected chi connectivity index (χ0v) is 13.0. The summed E-state index contributed by atoms with van der Waals surface area (Å²) in [7, 11) is 1.61. The van der Waals surface area contributed by atoms with E-state index in [0.29, 0.717) is 25.2 Å². The molecule has 0 unspecified atom stereocenters. The molecule has 0 aromatic carbocycles. The number of rotatable bonds is 5. The molecule has 1 fully saturated rings. The lowest BCUT2D eigenvalue weighted by Gasteiger charge is -2.24. The van der Waals surface area contributed by atoms with Crippen molar-refractivity contribution in [1.82, 2.24) is 20.2 Å². The molecule has 1 aromatic heterocycles. The molecular weight excluding hydrogens is 284 g/mol. The van der Waals surface area contributed by atoms with Crippen molar-refractivity contribution in [2.45, 2.75) is 38.6 Å². The third kappa shape index (κ3) is 3.79. The van der Waals surface area contributed by atoms with Crippen molar-refractivity contribution in [3.63, 3.8) is 0 Å². The normalized spacial score (nSPS) is 17.6. The quantitative estimate of drug-likeness (QED) is 0.805. The Labute approximate surface area is 129 Å². The van der Waals surface area contributed by atoms with Crippen LogP contribution in [0.1, 0.15) is 42.5 Å². The van der Waals surface area contributed by atoms with E-state index in [1.165, 1.54) is 0 Å². The average molecular weight is 306 g/mol. The van der Waals surface area contributed by atoms with Crippen molar-refractivity contribution in [1.29, 1.82) is 0 Å². The number of nitrogens with one attached hydrogen (secondary N) is 1. The number of aliphatic hydroxyl groups is 1. The smallest absolute Gasteiger partial charge is 0.248 e. The van der Waals surface area contributed by atoms with Crippen molar-refractivity contribution in [2.24, 2.45) is 0 Å². The first-order valence-corrected chi connectivity index (χ1v) is 7.50. The van der Waals surface area contributed by atoms with Gasteiger partial charge in [0.2, 0.25) is 11.8 Å². The first-order chi connectivity index (χ1) is 10.5. The lowest BCUT2D eigenvalue weighted by Crippen LogP contribution is -2.33. The SMILES string of the molecule is CNC(=O)CCc1cc([C@H]2CCCN2C(=O)CO)nc(C)n1. The number of hydrogen-bond acceptors (Lipinski definition) is 5. The lowest BCUT2D eigenvalue weighted by molar-refractivity contribution is -0.135. The minimum atomic E-state index is -0.482.